The van der Waals surface area contributed by atoms with Gasteiger partial charge in [0.25, 0.3) is 0 Å². The smallest absolute Gasteiger partial charge is 0.174 e. The molecule has 3 rings (SSSR count). The van der Waals surface area contributed by atoms with Gasteiger partial charge < -0.3 is 4.52 Å². The van der Waals surface area contributed by atoms with E-state index in [1.54, 1.807) is 0 Å². The predicted molar refractivity (Wildman–Crippen MR) is 72.2 cm³/mol. The van der Waals surface area contributed by atoms with Gasteiger partial charge in [-0.3, -0.25) is 0 Å². The van der Waals surface area contributed by atoms with Crippen molar-refractivity contribution < 1.29 is 4.52 Å². The maximum atomic E-state index is 5.40. The van der Waals surface area contributed by atoms with Crippen LogP contribution >= 0.6 is 22.6 Å². The Morgan fingerprint density at radius 3 is 2.62 bits per heavy atom. The highest BCUT2D eigenvalue weighted by Crippen LogP contribution is 2.29. The molecule has 2 aromatic carbocycles. The Labute approximate surface area is 106 Å². The highest BCUT2D eigenvalue weighted by atomic mass is 127. The van der Waals surface area contributed by atoms with Crippen molar-refractivity contribution in [2.75, 3.05) is 0 Å². The molecule has 0 saturated heterocycles. The van der Waals surface area contributed by atoms with Crippen molar-refractivity contribution in [3.8, 4) is 11.3 Å². The summed E-state index contributed by atoms with van der Waals surface area (Å²) in [6.07, 6.45) is 0. The molecule has 3 aromatic rings. The number of hydrogen-bond donors (Lipinski definition) is 0. The monoisotopic (exact) mass is 321 g/mol. The minimum Gasteiger partial charge on any atom is -0.355 e. The molecule has 0 amide bonds. The molecule has 2 nitrogen and oxygen atoms in total. The van der Waals surface area contributed by atoms with E-state index in [-0.39, 0.29) is 0 Å². The summed E-state index contributed by atoms with van der Waals surface area (Å²) in [6, 6.07) is 16.2. The second-order valence-electron chi connectivity index (χ2n) is 3.54. The molecule has 0 fully saturated rings. The van der Waals surface area contributed by atoms with Crippen LogP contribution < -0.4 is 0 Å². The largest absolute Gasteiger partial charge is 0.355 e. The lowest BCUT2D eigenvalue weighted by Crippen LogP contribution is -1.75. The molecule has 0 spiro atoms. The lowest BCUT2D eigenvalue weighted by atomic mass is 10.1. The van der Waals surface area contributed by atoms with E-state index >= 15 is 0 Å². The van der Waals surface area contributed by atoms with Crippen LogP contribution in [0.3, 0.4) is 0 Å². The van der Waals surface area contributed by atoms with E-state index in [2.05, 4.69) is 39.9 Å². The van der Waals surface area contributed by atoms with E-state index in [1.807, 2.05) is 36.4 Å². The molecule has 0 aliphatic heterocycles. The molecule has 3 heteroatoms. The fourth-order valence-electron chi connectivity index (χ4n) is 1.71. The van der Waals surface area contributed by atoms with E-state index < -0.39 is 0 Å². The van der Waals surface area contributed by atoms with Crippen LogP contribution in [0.1, 0.15) is 0 Å². The molecule has 1 aromatic heterocycles. The van der Waals surface area contributed by atoms with E-state index in [0.717, 1.165) is 25.8 Å². The van der Waals surface area contributed by atoms with Crippen LogP contribution in [0.25, 0.3) is 22.2 Å². The normalized spacial score (nSPS) is 10.8. The van der Waals surface area contributed by atoms with Crippen LogP contribution in [0.4, 0.5) is 0 Å². The van der Waals surface area contributed by atoms with Gasteiger partial charge in [0.05, 0.1) is 0 Å². The first-order valence-corrected chi connectivity index (χ1v) is 6.03. The van der Waals surface area contributed by atoms with E-state index in [4.69, 9.17) is 4.52 Å². The number of halogens is 1. The van der Waals surface area contributed by atoms with Crippen LogP contribution in [-0.4, -0.2) is 5.16 Å². The third-order valence-corrected chi connectivity index (χ3v) is 3.15. The van der Waals surface area contributed by atoms with Crippen LogP contribution in [0.5, 0.6) is 0 Å². The van der Waals surface area contributed by atoms with E-state index in [9.17, 15) is 0 Å². The number of hydrogen-bond acceptors (Lipinski definition) is 2. The number of fused-ring (bicyclic) bond motifs is 1. The van der Waals surface area contributed by atoms with E-state index in [0.29, 0.717) is 0 Å². The molecule has 78 valence electrons. The topological polar surface area (TPSA) is 26.0 Å². The molecule has 0 unspecified atom stereocenters. The number of nitrogens with zero attached hydrogens (tertiary/aromatic N) is 1. The fraction of sp³-hybridized carbons (Fsp3) is 0. The van der Waals surface area contributed by atoms with Crippen molar-refractivity contribution in [1.29, 1.82) is 0 Å². The minimum atomic E-state index is 0.840. The number of rotatable bonds is 1. The molecule has 0 aliphatic carbocycles. The van der Waals surface area contributed by atoms with Crippen LogP contribution in [-0.2, 0) is 0 Å². The van der Waals surface area contributed by atoms with Crippen LogP contribution in [0.15, 0.2) is 53.1 Å². The Morgan fingerprint density at radius 2 is 1.81 bits per heavy atom. The first kappa shape index (κ1) is 9.84. The van der Waals surface area contributed by atoms with Gasteiger partial charge in [-0.15, -0.1) is 0 Å². The zero-order valence-electron chi connectivity index (χ0n) is 8.35. The number of aromatic nitrogens is 1. The predicted octanol–water partition coefficient (Wildman–Crippen LogP) is 4.10. The second-order valence-corrected chi connectivity index (χ2v) is 4.78. The van der Waals surface area contributed by atoms with Gasteiger partial charge in [0.1, 0.15) is 5.52 Å². The van der Waals surface area contributed by atoms with Gasteiger partial charge in [0.2, 0.25) is 0 Å². The molecular formula is C13H8INO. The van der Waals surface area contributed by atoms with Crippen molar-refractivity contribution in [2.45, 2.75) is 0 Å². The van der Waals surface area contributed by atoms with Crippen LogP contribution in [0, 0.1) is 3.57 Å². The van der Waals surface area contributed by atoms with Crippen molar-refractivity contribution in [1.82, 2.24) is 5.16 Å². The quantitative estimate of drug-likeness (QED) is 0.631. The van der Waals surface area contributed by atoms with Gasteiger partial charge in [-0.25, -0.2) is 0 Å². The van der Waals surface area contributed by atoms with Crippen molar-refractivity contribution in [3.05, 3.63) is 52.1 Å². The van der Waals surface area contributed by atoms with Gasteiger partial charge in [-0.05, 0) is 40.8 Å². The van der Waals surface area contributed by atoms with Crippen molar-refractivity contribution >= 4 is 33.5 Å². The van der Waals surface area contributed by atoms with Gasteiger partial charge >= 0.3 is 0 Å². The summed E-state index contributed by atoms with van der Waals surface area (Å²) >= 11 is 2.27. The molecular weight excluding hydrogens is 313 g/mol. The summed E-state index contributed by atoms with van der Waals surface area (Å²) in [4.78, 5) is 0. The zero-order chi connectivity index (χ0) is 11.0. The Balaban J connectivity index is 2.26. The molecule has 1 heterocycles. The van der Waals surface area contributed by atoms with Crippen molar-refractivity contribution in [2.24, 2.45) is 0 Å². The van der Waals surface area contributed by atoms with Gasteiger partial charge in [0.15, 0.2) is 5.76 Å². The molecule has 0 bridgehead atoms. The summed E-state index contributed by atoms with van der Waals surface area (Å²) in [7, 11) is 0. The van der Waals surface area contributed by atoms with Gasteiger partial charge in [0, 0.05) is 14.5 Å². The average molecular weight is 321 g/mol. The summed E-state index contributed by atoms with van der Waals surface area (Å²) in [5.41, 5.74) is 1.97. The van der Waals surface area contributed by atoms with Crippen LogP contribution in [0.2, 0.25) is 0 Å². The third kappa shape index (κ3) is 1.61. The first-order chi connectivity index (χ1) is 7.84. The summed E-state index contributed by atoms with van der Waals surface area (Å²) in [5, 5.41) is 5.14. The summed E-state index contributed by atoms with van der Waals surface area (Å²) in [5.74, 6) is 0.840. The third-order valence-electron chi connectivity index (χ3n) is 2.48. The first-order valence-electron chi connectivity index (χ1n) is 4.95. The fourth-order valence-corrected chi connectivity index (χ4v) is 2.19. The molecule has 0 saturated carbocycles. The Kier molecular flexibility index (Phi) is 2.40. The second kappa shape index (κ2) is 3.90. The maximum Gasteiger partial charge on any atom is 0.174 e. The SMILES string of the molecule is Ic1ccc2c(-c3ccccc3)onc2c1. The standard InChI is InChI=1S/C13H8INO/c14-10-6-7-11-12(8-10)15-16-13(11)9-4-2-1-3-5-9/h1-8H. The molecule has 16 heavy (non-hydrogen) atoms. The average Bonchev–Trinajstić information content (AvgIpc) is 2.73. The molecule has 0 N–H and O–H groups in total. The lowest BCUT2D eigenvalue weighted by molar-refractivity contribution is 0.441. The molecule has 0 radical (unpaired) electrons. The van der Waals surface area contributed by atoms with Gasteiger partial charge in [-0.1, -0.05) is 35.5 Å². The molecule has 0 atom stereocenters. The zero-order valence-corrected chi connectivity index (χ0v) is 10.5. The highest BCUT2D eigenvalue weighted by Gasteiger charge is 2.09. The number of benzene rings is 2. The lowest BCUT2D eigenvalue weighted by Gasteiger charge is -1.95. The highest BCUT2D eigenvalue weighted by molar-refractivity contribution is 14.1. The summed E-state index contributed by atoms with van der Waals surface area (Å²) in [6.45, 7) is 0. The Morgan fingerprint density at radius 1 is 1.00 bits per heavy atom. The minimum absolute atomic E-state index is 0.840. The Bertz CT molecular complexity index is 631. The van der Waals surface area contributed by atoms with Crippen molar-refractivity contribution in [3.63, 3.8) is 0 Å². The Hall–Kier alpha value is -1.36. The summed E-state index contributed by atoms with van der Waals surface area (Å²) < 4.78 is 6.57. The van der Waals surface area contributed by atoms with Gasteiger partial charge in [-0.2, -0.15) is 0 Å². The maximum absolute atomic E-state index is 5.40. The molecule has 0 aliphatic rings. The van der Waals surface area contributed by atoms with E-state index in [1.165, 1.54) is 0 Å².